The highest BCUT2D eigenvalue weighted by Crippen LogP contribution is 2.28. The van der Waals surface area contributed by atoms with Crippen molar-refractivity contribution in [1.82, 2.24) is 30.7 Å². The Morgan fingerprint density at radius 1 is 0.825 bits per heavy atom. The fourth-order valence-electron chi connectivity index (χ4n) is 8.33. The van der Waals surface area contributed by atoms with Crippen LogP contribution in [0.1, 0.15) is 69.9 Å². The molecule has 7 atom stereocenters. The first-order valence-electron chi connectivity index (χ1n) is 19.8. The van der Waals surface area contributed by atoms with Gasteiger partial charge >= 0.3 is 5.97 Å². The van der Waals surface area contributed by atoms with Crippen LogP contribution in [0.5, 0.6) is 0 Å². The highest BCUT2D eigenvalue weighted by Gasteiger charge is 2.46. The third kappa shape index (κ3) is 9.95. The molecule has 306 valence electrons. The van der Waals surface area contributed by atoms with Gasteiger partial charge in [0, 0.05) is 38.5 Å². The Morgan fingerprint density at radius 3 is 2.25 bits per heavy atom. The summed E-state index contributed by atoms with van der Waals surface area (Å²) >= 11 is 0. The molecule has 3 N–H and O–H groups in total. The summed E-state index contributed by atoms with van der Waals surface area (Å²) in [6.07, 6.45) is 2.63. The molecule has 6 amide bonds. The summed E-state index contributed by atoms with van der Waals surface area (Å²) in [4.78, 5) is 101. The second-order valence-corrected chi connectivity index (χ2v) is 15.6. The van der Waals surface area contributed by atoms with Crippen LogP contribution in [-0.4, -0.2) is 119 Å². The van der Waals surface area contributed by atoms with Crippen molar-refractivity contribution in [2.75, 3.05) is 26.2 Å². The second-order valence-electron chi connectivity index (χ2n) is 15.6. The number of amides is 6. The highest BCUT2D eigenvalue weighted by atomic mass is 19.1. The zero-order valence-electron chi connectivity index (χ0n) is 32.2. The molecule has 0 spiro atoms. The predicted octanol–water partition coefficient (Wildman–Crippen LogP) is 1.78. The molecule has 2 aromatic carbocycles. The van der Waals surface area contributed by atoms with E-state index in [9.17, 15) is 42.3 Å². The van der Waals surface area contributed by atoms with E-state index in [1.54, 1.807) is 0 Å². The van der Waals surface area contributed by atoms with Crippen LogP contribution in [0.15, 0.2) is 48.5 Å². The lowest BCUT2D eigenvalue weighted by molar-refractivity contribution is -0.158. The van der Waals surface area contributed by atoms with E-state index in [2.05, 4.69) is 16.0 Å². The van der Waals surface area contributed by atoms with Gasteiger partial charge < -0.3 is 35.4 Å². The van der Waals surface area contributed by atoms with Crippen LogP contribution in [0, 0.1) is 17.6 Å². The SMILES string of the molecule is C[C@@H]1C[C@H]2C(=O)OC[C@H](NC(=O)[C@H](Cc3cc(F)cc(F)c3)NC(=O)CCc3ccccc3)C(=O)N3CCC[C@H]3C(=O)N3CCCC[C@H]3C(=O)N[C@@H](C)C(=O)N2C1. The number of hydrogen-bond acceptors (Lipinski definition) is 8. The molecule has 0 aromatic heterocycles. The molecule has 0 radical (unpaired) electrons. The van der Waals surface area contributed by atoms with Gasteiger partial charge in [-0.15, -0.1) is 0 Å². The number of cyclic esters (lactones) is 1. The molecule has 4 fully saturated rings. The number of benzene rings is 2. The summed E-state index contributed by atoms with van der Waals surface area (Å²) in [5.41, 5.74) is 0.934. The van der Waals surface area contributed by atoms with E-state index in [4.69, 9.17) is 4.74 Å². The molecular weight excluding hydrogens is 742 g/mol. The van der Waals surface area contributed by atoms with Gasteiger partial charge in [0.1, 0.15) is 54.5 Å². The van der Waals surface area contributed by atoms with Crippen molar-refractivity contribution in [1.29, 1.82) is 0 Å². The molecule has 16 heteroatoms. The maximum atomic E-state index is 14.5. The molecule has 6 rings (SSSR count). The fourth-order valence-corrected chi connectivity index (χ4v) is 8.33. The first-order chi connectivity index (χ1) is 27.3. The van der Waals surface area contributed by atoms with Gasteiger partial charge in [-0.05, 0) is 81.0 Å². The number of esters is 1. The lowest BCUT2D eigenvalue weighted by atomic mass is 9.99. The van der Waals surface area contributed by atoms with Gasteiger partial charge in [0.15, 0.2) is 0 Å². The van der Waals surface area contributed by atoms with Crippen LogP contribution in [0.25, 0.3) is 0 Å². The normalized spacial score (nSPS) is 26.5. The second kappa shape index (κ2) is 18.2. The number of halogens is 2. The van der Waals surface area contributed by atoms with Gasteiger partial charge in [-0.25, -0.2) is 13.6 Å². The van der Waals surface area contributed by atoms with Crippen LogP contribution >= 0.6 is 0 Å². The molecule has 4 heterocycles. The number of ether oxygens (including phenoxy) is 1. The number of nitrogens with zero attached hydrogens (tertiary/aromatic N) is 3. The number of carbonyl (C=O) groups excluding carboxylic acids is 7. The van der Waals surface area contributed by atoms with E-state index in [-0.39, 0.29) is 56.8 Å². The van der Waals surface area contributed by atoms with Crippen LogP contribution in [0.2, 0.25) is 0 Å². The standard InChI is InChI=1S/C41H50F2N6O8/c1-24-17-34-41(56)57-23-31(46-36(51)30(20-27-18-28(42)21-29(43)19-27)45-35(50)14-13-26-9-4-3-5-10-26)39(54)48-16-8-12-33(48)40(55)47-15-7-6-11-32(47)37(52)44-25(2)38(53)49(34)22-24/h3-5,9-10,18-19,21,24-25,30-34H,6-8,11-17,20,22-23H2,1-2H3,(H,44,52)(H,45,50)(H,46,51)/t24-,25+,30+,31+,32+,33+,34+/m1/s1. The van der Waals surface area contributed by atoms with Gasteiger partial charge in [-0.2, -0.15) is 0 Å². The summed E-state index contributed by atoms with van der Waals surface area (Å²) in [7, 11) is 0. The minimum absolute atomic E-state index is 0.0218. The van der Waals surface area contributed by atoms with E-state index < -0.39 is 95.9 Å². The van der Waals surface area contributed by atoms with Gasteiger partial charge in [-0.1, -0.05) is 37.3 Å². The van der Waals surface area contributed by atoms with Crippen molar-refractivity contribution in [3.63, 3.8) is 0 Å². The molecule has 0 unspecified atom stereocenters. The lowest BCUT2D eigenvalue weighted by Crippen LogP contribution is -2.62. The van der Waals surface area contributed by atoms with Gasteiger partial charge in [-0.3, -0.25) is 28.8 Å². The molecule has 57 heavy (non-hydrogen) atoms. The van der Waals surface area contributed by atoms with Gasteiger partial charge in [0.2, 0.25) is 35.4 Å². The summed E-state index contributed by atoms with van der Waals surface area (Å²) < 4.78 is 34.2. The molecule has 0 aliphatic carbocycles. The molecule has 0 saturated carbocycles. The van der Waals surface area contributed by atoms with E-state index >= 15 is 0 Å². The van der Waals surface area contributed by atoms with Crippen molar-refractivity contribution < 1.29 is 47.1 Å². The Morgan fingerprint density at radius 2 is 1.51 bits per heavy atom. The monoisotopic (exact) mass is 792 g/mol. The van der Waals surface area contributed by atoms with Gasteiger partial charge in [0.25, 0.3) is 0 Å². The van der Waals surface area contributed by atoms with E-state index in [0.717, 1.165) is 17.7 Å². The molecule has 0 bridgehead atoms. The zero-order valence-corrected chi connectivity index (χ0v) is 32.2. The summed E-state index contributed by atoms with van der Waals surface area (Å²) in [6.45, 7) is 3.35. The Kier molecular flexibility index (Phi) is 13.2. The topological polar surface area (TPSA) is 175 Å². The number of carbonyl (C=O) groups is 7. The first-order valence-corrected chi connectivity index (χ1v) is 19.8. The van der Waals surface area contributed by atoms with Crippen LogP contribution in [-0.2, 0) is 51.1 Å². The van der Waals surface area contributed by atoms with Crippen molar-refractivity contribution in [3.8, 4) is 0 Å². The van der Waals surface area contributed by atoms with Crippen LogP contribution in [0.3, 0.4) is 0 Å². The number of hydrogen-bond donors (Lipinski definition) is 3. The zero-order chi connectivity index (χ0) is 40.8. The largest absolute Gasteiger partial charge is 0.461 e. The van der Waals surface area contributed by atoms with E-state index in [1.807, 2.05) is 37.3 Å². The minimum atomic E-state index is -1.56. The van der Waals surface area contributed by atoms with Crippen molar-refractivity contribution in [3.05, 3.63) is 71.3 Å². The number of nitrogens with one attached hydrogen (secondary N) is 3. The maximum absolute atomic E-state index is 14.5. The third-order valence-corrected chi connectivity index (χ3v) is 11.2. The average Bonchev–Trinajstić information content (AvgIpc) is 3.84. The van der Waals surface area contributed by atoms with E-state index in [1.165, 1.54) is 21.6 Å². The Bertz CT molecular complexity index is 1840. The Labute approximate surface area is 330 Å². The summed E-state index contributed by atoms with van der Waals surface area (Å²) in [6, 6.07) is 5.03. The molecule has 4 aliphatic rings. The first kappa shape index (κ1) is 41.2. The van der Waals surface area contributed by atoms with E-state index in [0.29, 0.717) is 38.2 Å². The summed E-state index contributed by atoms with van der Waals surface area (Å²) in [5, 5.41) is 8.02. The molecular formula is C41H50F2N6O8. The Balaban J connectivity index is 1.30. The van der Waals surface area contributed by atoms with Crippen molar-refractivity contribution in [2.24, 2.45) is 5.92 Å². The minimum Gasteiger partial charge on any atom is -0.461 e. The summed E-state index contributed by atoms with van der Waals surface area (Å²) in [5.74, 6) is -6.30. The highest BCUT2D eigenvalue weighted by molar-refractivity contribution is 5.97. The molecule has 14 nitrogen and oxygen atoms in total. The van der Waals surface area contributed by atoms with Crippen molar-refractivity contribution >= 4 is 41.4 Å². The molecule has 4 aliphatic heterocycles. The van der Waals surface area contributed by atoms with Crippen molar-refractivity contribution in [2.45, 2.75) is 108 Å². The van der Waals surface area contributed by atoms with Crippen LogP contribution < -0.4 is 16.0 Å². The number of piperidine rings is 1. The maximum Gasteiger partial charge on any atom is 0.328 e. The third-order valence-electron chi connectivity index (χ3n) is 11.2. The van der Waals surface area contributed by atoms with Crippen LogP contribution in [0.4, 0.5) is 8.78 Å². The number of aryl methyl sites for hydroxylation is 1. The predicted molar refractivity (Wildman–Crippen MR) is 201 cm³/mol. The Hall–Kier alpha value is -5.41. The van der Waals surface area contributed by atoms with Gasteiger partial charge in [0.05, 0.1) is 0 Å². The fraction of sp³-hybridized carbons (Fsp3) is 0.537. The number of rotatable bonds is 8. The lowest BCUT2D eigenvalue weighted by Gasteiger charge is -2.39. The number of fused-ring (bicyclic) bond motifs is 3. The molecule has 2 aromatic rings. The smallest absolute Gasteiger partial charge is 0.328 e. The average molecular weight is 793 g/mol. The molecule has 4 saturated heterocycles. The quantitative estimate of drug-likeness (QED) is 0.340.